The second kappa shape index (κ2) is 8.99. The van der Waals surface area contributed by atoms with E-state index >= 15 is 0 Å². The third kappa shape index (κ3) is 5.08. The Morgan fingerprint density at radius 2 is 1.76 bits per heavy atom. The predicted molar refractivity (Wildman–Crippen MR) is 108 cm³/mol. The van der Waals surface area contributed by atoms with Crippen molar-refractivity contribution < 1.29 is 22.7 Å². The number of rotatable bonds is 8. The van der Waals surface area contributed by atoms with Crippen molar-refractivity contribution >= 4 is 33.0 Å². The van der Waals surface area contributed by atoms with Gasteiger partial charge in [-0.15, -0.1) is 10.2 Å². The van der Waals surface area contributed by atoms with Gasteiger partial charge < -0.3 is 14.8 Å². The number of nitrogens with zero attached hydrogens (tertiary/aromatic N) is 2. The number of anilines is 1. The maximum atomic E-state index is 12.5. The van der Waals surface area contributed by atoms with Gasteiger partial charge in [0.05, 0.1) is 25.7 Å². The second-order valence-electron chi connectivity index (χ2n) is 5.66. The highest BCUT2D eigenvalue weighted by Gasteiger charge is 2.19. The molecule has 0 saturated heterocycles. The number of amides is 1. The van der Waals surface area contributed by atoms with Crippen LogP contribution in [0.3, 0.4) is 0 Å². The van der Waals surface area contributed by atoms with Crippen molar-refractivity contribution in [3.8, 4) is 11.5 Å². The number of hydrogen-bond acceptors (Lipinski definition) is 8. The van der Waals surface area contributed by atoms with Gasteiger partial charge in [-0.1, -0.05) is 29.5 Å². The number of benzene rings is 2. The molecule has 0 saturated carbocycles. The molecule has 0 aliphatic carbocycles. The summed E-state index contributed by atoms with van der Waals surface area (Å²) in [5.74, 6) is 0.304. The van der Waals surface area contributed by atoms with Crippen LogP contribution in [0.25, 0.3) is 0 Å². The fraction of sp³-hybridized carbons (Fsp3) is 0.167. The Kier molecular flexibility index (Phi) is 6.42. The number of carbonyl (C=O) groups excluding carboxylic acids is 1. The lowest BCUT2D eigenvalue weighted by Crippen LogP contribution is -2.23. The van der Waals surface area contributed by atoms with Gasteiger partial charge in [0.15, 0.2) is 11.5 Å². The van der Waals surface area contributed by atoms with Crippen LogP contribution in [0.1, 0.15) is 14.8 Å². The van der Waals surface area contributed by atoms with Crippen LogP contribution in [0, 0.1) is 0 Å². The smallest absolute Gasteiger partial charge is 0.286 e. The van der Waals surface area contributed by atoms with E-state index in [0.29, 0.717) is 22.2 Å². The summed E-state index contributed by atoms with van der Waals surface area (Å²) >= 11 is 1.00. The van der Waals surface area contributed by atoms with Gasteiger partial charge in [-0.2, -0.15) is 0 Å². The molecule has 0 fully saturated rings. The van der Waals surface area contributed by atoms with E-state index < -0.39 is 15.9 Å². The summed E-state index contributed by atoms with van der Waals surface area (Å²) in [5, 5.41) is 10.9. The van der Waals surface area contributed by atoms with E-state index in [1.807, 2.05) is 6.07 Å². The minimum atomic E-state index is -3.82. The molecule has 0 radical (unpaired) electrons. The van der Waals surface area contributed by atoms with Crippen molar-refractivity contribution in [2.75, 3.05) is 19.5 Å². The van der Waals surface area contributed by atoms with Crippen LogP contribution in [0.2, 0.25) is 0 Å². The lowest BCUT2D eigenvalue weighted by Gasteiger charge is -2.10. The van der Waals surface area contributed by atoms with Gasteiger partial charge in [0.25, 0.3) is 5.91 Å². The zero-order valence-electron chi connectivity index (χ0n) is 15.6. The normalized spacial score (nSPS) is 11.1. The predicted octanol–water partition coefficient (Wildman–Crippen LogP) is 2.29. The lowest BCUT2D eigenvalue weighted by atomic mass is 10.3. The Morgan fingerprint density at radius 3 is 2.45 bits per heavy atom. The number of ether oxygens (including phenoxy) is 2. The highest BCUT2D eigenvalue weighted by Crippen LogP contribution is 2.29. The maximum Gasteiger partial charge on any atom is 0.286 e. The zero-order chi connectivity index (χ0) is 20.9. The number of nitrogens with one attached hydrogen (secondary N) is 2. The molecule has 3 aromatic rings. The van der Waals surface area contributed by atoms with E-state index in [9.17, 15) is 13.2 Å². The van der Waals surface area contributed by atoms with Crippen LogP contribution in [-0.4, -0.2) is 38.7 Å². The van der Waals surface area contributed by atoms with Crippen LogP contribution < -0.4 is 19.5 Å². The largest absolute Gasteiger partial charge is 0.493 e. The molecule has 0 spiro atoms. The first-order chi connectivity index (χ1) is 13.9. The molecule has 1 aromatic heterocycles. The molecular weight excluding hydrogens is 416 g/mol. The van der Waals surface area contributed by atoms with Crippen LogP contribution >= 0.6 is 11.3 Å². The Labute approximate surface area is 171 Å². The van der Waals surface area contributed by atoms with Gasteiger partial charge in [-0.25, -0.2) is 13.1 Å². The Morgan fingerprint density at radius 1 is 1.03 bits per heavy atom. The third-order valence-corrected chi connectivity index (χ3v) is 6.09. The molecule has 9 nitrogen and oxygen atoms in total. The van der Waals surface area contributed by atoms with Crippen LogP contribution in [-0.2, 0) is 16.6 Å². The molecule has 0 aliphatic heterocycles. The standard InChI is InChI=1S/C18H18N4O5S2/c1-26-14-9-8-13(10-15(14)27-2)29(24,25)19-11-16-21-22-18(28-16)17(23)20-12-6-4-3-5-7-12/h3-10,19H,11H2,1-2H3,(H,20,23). The highest BCUT2D eigenvalue weighted by atomic mass is 32.2. The number of para-hydroxylation sites is 1. The van der Waals surface area contributed by atoms with Gasteiger partial charge in [0.2, 0.25) is 15.0 Å². The minimum absolute atomic E-state index is 0.0155. The molecule has 1 heterocycles. The fourth-order valence-electron chi connectivity index (χ4n) is 2.35. The van der Waals surface area contributed by atoms with Crippen molar-refractivity contribution in [3.05, 3.63) is 58.5 Å². The van der Waals surface area contributed by atoms with Crippen molar-refractivity contribution in [1.29, 1.82) is 0 Å². The summed E-state index contributed by atoms with van der Waals surface area (Å²) in [5.41, 5.74) is 0.628. The number of aromatic nitrogens is 2. The Hall–Kier alpha value is -3.02. The first-order valence-corrected chi connectivity index (χ1v) is 10.6. The molecule has 152 valence electrons. The fourth-order valence-corrected chi connectivity index (χ4v) is 4.12. The quantitative estimate of drug-likeness (QED) is 0.558. The van der Waals surface area contributed by atoms with Crippen molar-refractivity contribution in [2.24, 2.45) is 0 Å². The topological polar surface area (TPSA) is 120 Å². The minimum Gasteiger partial charge on any atom is -0.493 e. The van der Waals surface area contributed by atoms with E-state index in [0.717, 1.165) is 11.3 Å². The van der Waals surface area contributed by atoms with E-state index in [4.69, 9.17) is 9.47 Å². The Bertz CT molecular complexity index is 1100. The molecule has 1 amide bonds. The van der Waals surface area contributed by atoms with Gasteiger partial charge in [-0.3, -0.25) is 4.79 Å². The monoisotopic (exact) mass is 434 g/mol. The summed E-state index contributed by atoms with van der Waals surface area (Å²) in [6.07, 6.45) is 0. The summed E-state index contributed by atoms with van der Waals surface area (Å²) in [7, 11) is -0.938. The number of hydrogen-bond donors (Lipinski definition) is 2. The first kappa shape index (κ1) is 20.7. The van der Waals surface area contributed by atoms with Crippen molar-refractivity contribution in [1.82, 2.24) is 14.9 Å². The van der Waals surface area contributed by atoms with Crippen LogP contribution in [0.15, 0.2) is 53.4 Å². The van der Waals surface area contributed by atoms with Crippen molar-refractivity contribution in [3.63, 3.8) is 0 Å². The van der Waals surface area contributed by atoms with Gasteiger partial charge in [0, 0.05) is 11.8 Å². The van der Waals surface area contributed by atoms with Gasteiger partial charge in [0.1, 0.15) is 5.01 Å². The van der Waals surface area contributed by atoms with Gasteiger partial charge >= 0.3 is 0 Å². The average molecular weight is 434 g/mol. The maximum absolute atomic E-state index is 12.5. The molecule has 29 heavy (non-hydrogen) atoms. The summed E-state index contributed by atoms with van der Waals surface area (Å²) in [6, 6.07) is 13.2. The van der Waals surface area contributed by atoms with Crippen molar-refractivity contribution in [2.45, 2.75) is 11.4 Å². The van der Waals surface area contributed by atoms with Crippen LogP contribution in [0.5, 0.6) is 11.5 Å². The first-order valence-electron chi connectivity index (χ1n) is 8.33. The van der Waals surface area contributed by atoms with E-state index in [-0.39, 0.29) is 16.4 Å². The molecule has 0 bridgehead atoms. The van der Waals surface area contributed by atoms with Gasteiger partial charge in [-0.05, 0) is 24.3 Å². The molecule has 0 unspecified atom stereocenters. The zero-order valence-corrected chi connectivity index (χ0v) is 17.2. The van der Waals surface area contributed by atoms with Crippen LogP contribution in [0.4, 0.5) is 5.69 Å². The summed E-state index contributed by atoms with van der Waals surface area (Å²) in [4.78, 5) is 12.2. The molecule has 0 atom stereocenters. The summed E-state index contributed by atoms with van der Waals surface area (Å²) in [6.45, 7) is -0.104. The number of sulfonamides is 1. The molecule has 3 rings (SSSR count). The van der Waals surface area contributed by atoms with E-state index in [1.165, 1.54) is 32.4 Å². The molecule has 2 N–H and O–H groups in total. The Balaban J connectivity index is 1.66. The van der Waals surface area contributed by atoms with E-state index in [2.05, 4.69) is 20.2 Å². The number of carbonyl (C=O) groups is 1. The highest BCUT2D eigenvalue weighted by molar-refractivity contribution is 7.89. The summed E-state index contributed by atoms with van der Waals surface area (Å²) < 4.78 is 37.7. The SMILES string of the molecule is COc1ccc(S(=O)(=O)NCc2nnc(C(=O)Nc3ccccc3)s2)cc1OC. The molecule has 0 aliphatic rings. The number of methoxy groups -OCH3 is 2. The lowest BCUT2D eigenvalue weighted by molar-refractivity contribution is 0.102. The third-order valence-electron chi connectivity index (χ3n) is 3.77. The van der Waals surface area contributed by atoms with E-state index in [1.54, 1.807) is 24.3 Å². The molecule has 11 heteroatoms. The molecular formula is C18H18N4O5S2. The molecule has 2 aromatic carbocycles. The average Bonchev–Trinajstić information content (AvgIpc) is 3.22. The second-order valence-corrected chi connectivity index (χ2v) is 8.49.